The first-order chi connectivity index (χ1) is 7.76. The number of nitrogens with one attached hydrogen (secondary N) is 2. The molecular formula is C11H20N4S. The maximum atomic E-state index is 4.19. The molecule has 1 heterocycles. The van der Waals surface area contributed by atoms with E-state index >= 15 is 0 Å². The van der Waals surface area contributed by atoms with E-state index in [1.54, 1.807) is 6.33 Å². The van der Waals surface area contributed by atoms with Crippen LogP contribution in [0.3, 0.4) is 0 Å². The van der Waals surface area contributed by atoms with Crippen LogP contribution in [0.15, 0.2) is 12.4 Å². The first kappa shape index (κ1) is 13.1. The summed E-state index contributed by atoms with van der Waals surface area (Å²) in [6, 6.07) is 2.36. The molecule has 90 valence electrons. The molecule has 0 amide bonds. The van der Waals surface area contributed by atoms with Crippen LogP contribution in [0.4, 0.5) is 11.6 Å². The highest BCUT2D eigenvalue weighted by molar-refractivity contribution is 7.99. The Balaban J connectivity index is 2.39. The van der Waals surface area contributed by atoms with E-state index in [1.807, 2.05) is 24.9 Å². The van der Waals surface area contributed by atoms with E-state index in [1.165, 1.54) is 11.5 Å². The molecule has 1 atom stereocenters. The van der Waals surface area contributed by atoms with Crippen LogP contribution in [0.1, 0.15) is 20.3 Å². The summed E-state index contributed by atoms with van der Waals surface area (Å²) in [5.74, 6) is 4.10. The molecule has 5 heteroatoms. The molecule has 0 aromatic carbocycles. The van der Waals surface area contributed by atoms with Crippen molar-refractivity contribution in [1.29, 1.82) is 0 Å². The Bertz CT molecular complexity index is 306. The van der Waals surface area contributed by atoms with Crippen molar-refractivity contribution in [3.8, 4) is 0 Å². The largest absolute Gasteiger partial charge is 0.373 e. The molecule has 0 radical (unpaired) electrons. The second-order valence-corrected chi connectivity index (χ2v) is 4.96. The van der Waals surface area contributed by atoms with E-state index in [0.29, 0.717) is 6.04 Å². The molecule has 1 rings (SSSR count). The zero-order chi connectivity index (χ0) is 11.8. The molecule has 2 N–H and O–H groups in total. The van der Waals surface area contributed by atoms with E-state index in [2.05, 4.69) is 34.4 Å². The van der Waals surface area contributed by atoms with E-state index in [4.69, 9.17) is 0 Å². The average Bonchev–Trinajstić information content (AvgIpc) is 2.29. The van der Waals surface area contributed by atoms with Crippen LogP contribution in [0.5, 0.6) is 0 Å². The highest BCUT2D eigenvalue weighted by Gasteiger charge is 2.03. The maximum Gasteiger partial charge on any atom is 0.131 e. The third-order valence-corrected chi connectivity index (χ3v) is 3.15. The van der Waals surface area contributed by atoms with E-state index in [-0.39, 0.29) is 0 Å². The minimum absolute atomic E-state index is 0.443. The lowest BCUT2D eigenvalue weighted by molar-refractivity contribution is 0.766. The lowest BCUT2D eigenvalue weighted by Crippen LogP contribution is -2.17. The molecule has 0 spiro atoms. The van der Waals surface area contributed by atoms with Gasteiger partial charge in [-0.25, -0.2) is 9.97 Å². The van der Waals surface area contributed by atoms with Gasteiger partial charge in [-0.05, 0) is 24.9 Å². The van der Waals surface area contributed by atoms with Gasteiger partial charge in [0, 0.05) is 19.2 Å². The van der Waals surface area contributed by atoms with Crippen molar-refractivity contribution in [2.75, 3.05) is 29.2 Å². The zero-order valence-electron chi connectivity index (χ0n) is 10.2. The van der Waals surface area contributed by atoms with Gasteiger partial charge in [0.2, 0.25) is 0 Å². The molecule has 0 fully saturated rings. The molecular weight excluding hydrogens is 220 g/mol. The number of aromatic nitrogens is 2. The normalized spacial score (nSPS) is 12.2. The van der Waals surface area contributed by atoms with Gasteiger partial charge in [-0.1, -0.05) is 6.92 Å². The van der Waals surface area contributed by atoms with Gasteiger partial charge in [0.15, 0.2) is 0 Å². The highest BCUT2D eigenvalue weighted by atomic mass is 32.2. The minimum Gasteiger partial charge on any atom is -0.373 e. The monoisotopic (exact) mass is 240 g/mol. The molecule has 0 bridgehead atoms. The smallest absolute Gasteiger partial charge is 0.131 e. The summed E-state index contributed by atoms with van der Waals surface area (Å²) in [4.78, 5) is 8.26. The van der Waals surface area contributed by atoms with Crippen LogP contribution >= 0.6 is 11.8 Å². The average molecular weight is 240 g/mol. The summed E-state index contributed by atoms with van der Waals surface area (Å²) in [7, 11) is 1.85. The summed E-state index contributed by atoms with van der Waals surface area (Å²) < 4.78 is 0. The van der Waals surface area contributed by atoms with Gasteiger partial charge >= 0.3 is 0 Å². The third kappa shape index (κ3) is 4.70. The zero-order valence-corrected chi connectivity index (χ0v) is 11.0. The molecule has 4 nitrogen and oxygen atoms in total. The first-order valence-corrected chi connectivity index (χ1v) is 6.75. The second-order valence-electron chi connectivity index (χ2n) is 3.57. The lowest BCUT2D eigenvalue weighted by Gasteiger charge is -2.14. The molecule has 0 aliphatic rings. The van der Waals surface area contributed by atoms with E-state index in [0.717, 1.165) is 18.1 Å². The van der Waals surface area contributed by atoms with Gasteiger partial charge in [0.05, 0.1) is 0 Å². The Hall–Kier alpha value is -0.970. The summed E-state index contributed by atoms with van der Waals surface area (Å²) >= 11 is 1.97. The molecule has 0 saturated heterocycles. The number of hydrogen-bond donors (Lipinski definition) is 2. The summed E-state index contributed by atoms with van der Waals surface area (Å²) in [5.41, 5.74) is 0. The van der Waals surface area contributed by atoms with Gasteiger partial charge in [-0.3, -0.25) is 0 Å². The van der Waals surface area contributed by atoms with Crippen LogP contribution in [0, 0.1) is 0 Å². The Morgan fingerprint density at radius 3 is 2.81 bits per heavy atom. The highest BCUT2D eigenvalue weighted by Crippen LogP contribution is 2.11. The predicted molar refractivity (Wildman–Crippen MR) is 72.3 cm³/mol. The van der Waals surface area contributed by atoms with Crippen LogP contribution in [-0.2, 0) is 0 Å². The Morgan fingerprint density at radius 2 is 2.12 bits per heavy atom. The van der Waals surface area contributed by atoms with Crippen molar-refractivity contribution in [2.24, 2.45) is 0 Å². The van der Waals surface area contributed by atoms with Crippen LogP contribution < -0.4 is 10.6 Å². The molecule has 0 saturated carbocycles. The molecule has 16 heavy (non-hydrogen) atoms. The number of hydrogen-bond acceptors (Lipinski definition) is 5. The minimum atomic E-state index is 0.443. The van der Waals surface area contributed by atoms with Crippen molar-refractivity contribution in [2.45, 2.75) is 26.3 Å². The fourth-order valence-electron chi connectivity index (χ4n) is 1.30. The topological polar surface area (TPSA) is 49.8 Å². The lowest BCUT2D eigenvalue weighted by atomic mass is 10.2. The summed E-state index contributed by atoms with van der Waals surface area (Å²) in [6.45, 7) is 4.36. The summed E-state index contributed by atoms with van der Waals surface area (Å²) in [6.07, 6.45) is 2.72. The van der Waals surface area contributed by atoms with E-state index in [9.17, 15) is 0 Å². The second kappa shape index (κ2) is 7.33. The molecule has 0 aliphatic carbocycles. The Labute approximate surface area is 102 Å². The molecule has 0 aliphatic heterocycles. The molecule has 1 aromatic rings. The predicted octanol–water partition coefficient (Wildman–Crippen LogP) is 2.46. The Morgan fingerprint density at radius 1 is 1.38 bits per heavy atom. The number of thioether (sulfide) groups is 1. The van der Waals surface area contributed by atoms with Crippen molar-refractivity contribution in [1.82, 2.24) is 9.97 Å². The molecule has 1 aromatic heterocycles. The van der Waals surface area contributed by atoms with Crippen molar-refractivity contribution in [3.05, 3.63) is 12.4 Å². The van der Waals surface area contributed by atoms with Crippen LogP contribution in [-0.4, -0.2) is 34.6 Å². The SMILES string of the molecule is CCSCCC(C)Nc1cc(NC)ncn1. The maximum absolute atomic E-state index is 4.19. The Kier molecular flexibility index (Phi) is 6.00. The van der Waals surface area contributed by atoms with Gasteiger partial charge in [0.25, 0.3) is 0 Å². The quantitative estimate of drug-likeness (QED) is 0.717. The first-order valence-electron chi connectivity index (χ1n) is 5.60. The summed E-state index contributed by atoms with van der Waals surface area (Å²) in [5, 5.41) is 6.37. The third-order valence-electron chi connectivity index (χ3n) is 2.22. The molecule has 1 unspecified atom stereocenters. The number of anilines is 2. The van der Waals surface area contributed by atoms with Gasteiger partial charge in [0.1, 0.15) is 18.0 Å². The van der Waals surface area contributed by atoms with Crippen molar-refractivity contribution < 1.29 is 0 Å². The van der Waals surface area contributed by atoms with Crippen molar-refractivity contribution in [3.63, 3.8) is 0 Å². The fraction of sp³-hybridized carbons (Fsp3) is 0.636. The van der Waals surface area contributed by atoms with Crippen LogP contribution in [0.25, 0.3) is 0 Å². The van der Waals surface area contributed by atoms with Gasteiger partial charge in [-0.2, -0.15) is 11.8 Å². The van der Waals surface area contributed by atoms with Crippen LogP contribution in [0.2, 0.25) is 0 Å². The van der Waals surface area contributed by atoms with Gasteiger partial charge < -0.3 is 10.6 Å². The number of rotatable bonds is 7. The van der Waals surface area contributed by atoms with E-state index < -0.39 is 0 Å². The number of nitrogens with zero attached hydrogens (tertiary/aromatic N) is 2. The fourth-order valence-corrected chi connectivity index (χ4v) is 2.11. The van der Waals surface area contributed by atoms with Crippen molar-refractivity contribution >= 4 is 23.4 Å². The van der Waals surface area contributed by atoms with Gasteiger partial charge in [-0.15, -0.1) is 0 Å². The standard InChI is InChI=1S/C11H20N4S/c1-4-16-6-5-9(2)15-11-7-10(12-3)13-8-14-11/h7-9H,4-6H2,1-3H3,(H2,12,13,14,15).